The molecule has 58 heavy (non-hydrogen) atoms. The molecule has 1 aromatic heterocycles. The molecule has 0 aliphatic heterocycles. The lowest BCUT2D eigenvalue weighted by Crippen LogP contribution is -2.66. The van der Waals surface area contributed by atoms with Gasteiger partial charge in [0.25, 0.3) is 0 Å². The van der Waals surface area contributed by atoms with Gasteiger partial charge in [0, 0.05) is 30.0 Å². The number of rotatable bonds is 12. The normalized spacial score (nSPS) is 35.3. The molecule has 1 unspecified atom stereocenters. The molecule has 10 nitrogen and oxygen atoms in total. The van der Waals surface area contributed by atoms with E-state index in [4.69, 9.17) is 16.3 Å². The zero-order valence-electron chi connectivity index (χ0n) is 37.0. The molecular formula is C47H70ClN3O7. The second kappa shape index (κ2) is 15.6. The van der Waals surface area contributed by atoms with Crippen LogP contribution in [0.2, 0.25) is 5.02 Å². The molecule has 3 N–H and O–H groups in total. The summed E-state index contributed by atoms with van der Waals surface area (Å²) in [5.74, 6) is -0.583. The number of hydrogen-bond donors (Lipinski definition) is 3. The van der Waals surface area contributed by atoms with Crippen molar-refractivity contribution < 1.29 is 34.1 Å². The average Bonchev–Trinajstić information content (AvgIpc) is 3.45. The molecule has 1 amide bonds. The van der Waals surface area contributed by atoms with Crippen molar-refractivity contribution in [1.82, 2.24) is 15.2 Å². The number of likely N-dealkylation sites (N-methyl/N-ethyl adjacent to an activating group) is 1. The van der Waals surface area contributed by atoms with E-state index in [1.54, 1.807) is 38.1 Å². The number of allylic oxidation sites excluding steroid dienone is 1. The summed E-state index contributed by atoms with van der Waals surface area (Å²) in [5, 5.41) is 25.8. The second-order valence-corrected chi connectivity index (χ2v) is 21.7. The SMILES string of the molecule is CNCC(=O)N(C[C@H](O)[C@@]12CC[C@]3(C)[C@H](CC[C@@H]4[C@@]5(C)CCC(OC(=O)CC(C)(C)C(=O)O)C(C)(C)[C@@H]5CC[C@]43C)C1=C(C(C)C)C(=O)C2)[C@@H](C)c1ccc(Cl)cn1. The largest absolute Gasteiger partial charge is 0.481 e. The maximum absolute atomic E-state index is 14.3. The quantitative estimate of drug-likeness (QED) is 0.177. The number of nitrogens with one attached hydrogen (secondary N) is 1. The minimum absolute atomic E-state index is 0.00252. The molecule has 1 aromatic rings. The molecule has 0 radical (unpaired) electrons. The summed E-state index contributed by atoms with van der Waals surface area (Å²) in [6, 6.07) is 3.17. The number of carbonyl (C=O) groups excluding carboxylic acids is 3. The number of nitrogens with zero attached hydrogens (tertiary/aromatic N) is 2. The standard InChI is InChI=1S/C47H70ClN3O7/c1-27(2)39-32(52)22-47(35(53)26-51(37(54)25-49-11)28(3)31-14-12-29(48)24-50-31)21-20-45(9)30(40(39)47)13-15-34-44(8)18-17-36(58-38(55)23-42(4,5)41(56)57)43(6,7)33(44)16-19-46(34,45)10/h12,14,24,27-28,30,33-36,49,53H,13,15-23,25-26H2,1-11H3,(H,56,57)/t28-,30+,33-,34+,35-,36?,44-,45+,46+,47-/m0/s1. The van der Waals surface area contributed by atoms with E-state index in [0.717, 1.165) is 50.5 Å². The Morgan fingerprint density at radius 3 is 2.28 bits per heavy atom. The molecule has 5 aliphatic rings. The van der Waals surface area contributed by atoms with Crippen molar-refractivity contribution in [1.29, 1.82) is 0 Å². The number of carboxylic acid groups (broad SMARTS) is 1. The first kappa shape index (κ1) is 44.7. The lowest BCUT2D eigenvalue weighted by atomic mass is 9.33. The zero-order valence-corrected chi connectivity index (χ0v) is 37.7. The van der Waals surface area contributed by atoms with Crippen LogP contribution in [0.15, 0.2) is 29.5 Å². The number of halogens is 1. The van der Waals surface area contributed by atoms with Crippen LogP contribution in [0.5, 0.6) is 0 Å². The highest BCUT2D eigenvalue weighted by atomic mass is 35.5. The van der Waals surface area contributed by atoms with E-state index in [0.29, 0.717) is 29.0 Å². The van der Waals surface area contributed by atoms with Crippen molar-refractivity contribution in [3.8, 4) is 0 Å². The van der Waals surface area contributed by atoms with E-state index >= 15 is 0 Å². The lowest BCUT2D eigenvalue weighted by molar-refractivity contribution is -0.235. The maximum Gasteiger partial charge on any atom is 0.309 e. The number of esters is 1. The van der Waals surface area contributed by atoms with Gasteiger partial charge in [0.2, 0.25) is 5.91 Å². The number of Topliss-reactive ketones (excluding diaryl/α,β-unsaturated/α-hetero) is 1. The van der Waals surface area contributed by atoms with Crippen molar-refractivity contribution in [2.24, 2.45) is 56.2 Å². The summed E-state index contributed by atoms with van der Waals surface area (Å²) in [6.45, 7) is 21.5. The van der Waals surface area contributed by atoms with Gasteiger partial charge < -0.3 is 25.2 Å². The van der Waals surface area contributed by atoms with Crippen LogP contribution in [0.1, 0.15) is 145 Å². The number of aromatic nitrogens is 1. The van der Waals surface area contributed by atoms with Gasteiger partial charge in [-0.1, -0.05) is 65.6 Å². The lowest BCUT2D eigenvalue weighted by Gasteiger charge is -2.72. The van der Waals surface area contributed by atoms with Gasteiger partial charge in [-0.15, -0.1) is 0 Å². The van der Waals surface area contributed by atoms with E-state index in [9.17, 15) is 29.4 Å². The number of aliphatic hydroxyl groups excluding tert-OH is 1. The Hall–Kier alpha value is -2.82. The van der Waals surface area contributed by atoms with Gasteiger partial charge in [0.05, 0.1) is 41.2 Å². The van der Waals surface area contributed by atoms with Gasteiger partial charge >= 0.3 is 11.9 Å². The van der Waals surface area contributed by atoms with Crippen LogP contribution in [0.4, 0.5) is 0 Å². The number of fused-ring (bicyclic) bond motifs is 7. The van der Waals surface area contributed by atoms with Crippen LogP contribution < -0.4 is 5.32 Å². The second-order valence-electron chi connectivity index (χ2n) is 21.2. The number of hydrogen-bond acceptors (Lipinski definition) is 8. The fourth-order valence-electron chi connectivity index (χ4n) is 13.8. The molecule has 1 heterocycles. The number of carbonyl (C=O) groups is 4. The molecule has 11 heteroatoms. The highest BCUT2D eigenvalue weighted by Crippen LogP contribution is 2.77. The maximum atomic E-state index is 14.3. The minimum Gasteiger partial charge on any atom is -0.481 e. The van der Waals surface area contributed by atoms with Gasteiger partial charge in [-0.2, -0.15) is 0 Å². The highest BCUT2D eigenvalue weighted by molar-refractivity contribution is 6.30. The van der Waals surface area contributed by atoms with Gasteiger partial charge in [0.1, 0.15) is 6.10 Å². The molecule has 6 rings (SSSR count). The smallest absolute Gasteiger partial charge is 0.309 e. The highest BCUT2D eigenvalue weighted by Gasteiger charge is 2.71. The van der Waals surface area contributed by atoms with E-state index in [-0.39, 0.29) is 77.2 Å². The minimum atomic E-state index is -1.19. The van der Waals surface area contributed by atoms with Crippen LogP contribution in [-0.2, 0) is 23.9 Å². The Morgan fingerprint density at radius 1 is 0.983 bits per heavy atom. The number of carboxylic acids is 1. The van der Waals surface area contributed by atoms with Gasteiger partial charge in [0.15, 0.2) is 5.78 Å². The van der Waals surface area contributed by atoms with Crippen molar-refractivity contribution >= 4 is 35.2 Å². The fourth-order valence-corrected chi connectivity index (χ4v) is 13.9. The van der Waals surface area contributed by atoms with Crippen LogP contribution >= 0.6 is 11.6 Å². The Bertz CT molecular complexity index is 1830. The molecular weight excluding hydrogens is 754 g/mol. The first-order valence-electron chi connectivity index (χ1n) is 21.9. The van der Waals surface area contributed by atoms with Crippen molar-refractivity contribution in [2.45, 2.75) is 152 Å². The van der Waals surface area contributed by atoms with Crippen molar-refractivity contribution in [3.63, 3.8) is 0 Å². The molecule has 10 atom stereocenters. The third-order valence-corrected chi connectivity index (χ3v) is 17.4. The summed E-state index contributed by atoms with van der Waals surface area (Å²) in [6.07, 6.45) is 7.66. The van der Waals surface area contributed by atoms with Crippen LogP contribution in [-0.4, -0.2) is 76.1 Å². The molecule has 0 spiro atoms. The summed E-state index contributed by atoms with van der Waals surface area (Å²) >= 11 is 6.17. The molecule has 0 saturated heterocycles. The van der Waals surface area contributed by atoms with Gasteiger partial charge in [-0.25, -0.2) is 0 Å². The Kier molecular flexibility index (Phi) is 12.0. The summed E-state index contributed by atoms with van der Waals surface area (Å²) < 4.78 is 6.18. The Labute approximate surface area is 351 Å². The van der Waals surface area contributed by atoms with E-state index < -0.39 is 34.9 Å². The van der Waals surface area contributed by atoms with Gasteiger partial charge in [-0.05, 0) is 137 Å². The topological polar surface area (TPSA) is 146 Å². The number of pyridine rings is 1. The number of aliphatic hydroxyl groups is 1. The third kappa shape index (κ3) is 7.06. The molecule has 5 aliphatic carbocycles. The number of amides is 1. The molecule has 322 valence electrons. The van der Waals surface area contributed by atoms with E-state index in [1.807, 2.05) is 13.0 Å². The monoisotopic (exact) mass is 823 g/mol. The molecule has 0 aromatic carbocycles. The summed E-state index contributed by atoms with van der Waals surface area (Å²) in [4.78, 5) is 59.3. The first-order chi connectivity index (χ1) is 26.9. The number of ether oxygens (including phenoxy) is 1. The van der Waals surface area contributed by atoms with Gasteiger partial charge in [-0.3, -0.25) is 24.2 Å². The first-order valence-corrected chi connectivity index (χ1v) is 22.2. The summed E-state index contributed by atoms with van der Waals surface area (Å²) in [7, 11) is 1.74. The zero-order chi connectivity index (χ0) is 43.0. The predicted molar refractivity (Wildman–Crippen MR) is 225 cm³/mol. The molecule has 4 fully saturated rings. The average molecular weight is 825 g/mol. The van der Waals surface area contributed by atoms with Crippen LogP contribution in [0.25, 0.3) is 0 Å². The van der Waals surface area contributed by atoms with E-state index in [1.165, 1.54) is 5.57 Å². The predicted octanol–water partition coefficient (Wildman–Crippen LogP) is 8.60. The molecule has 4 saturated carbocycles. The fraction of sp³-hybridized carbons (Fsp3) is 0.766. The molecule has 0 bridgehead atoms. The van der Waals surface area contributed by atoms with Crippen LogP contribution in [0.3, 0.4) is 0 Å². The number of aliphatic carboxylic acids is 1. The Balaban J connectivity index is 1.31. The summed E-state index contributed by atoms with van der Waals surface area (Å²) in [5.41, 5.74) is 0.359. The van der Waals surface area contributed by atoms with Crippen molar-refractivity contribution in [3.05, 3.63) is 40.2 Å². The van der Waals surface area contributed by atoms with E-state index in [2.05, 4.69) is 58.8 Å². The third-order valence-electron chi connectivity index (χ3n) is 17.2. The Morgan fingerprint density at radius 2 is 1.67 bits per heavy atom. The number of ketones is 1. The van der Waals surface area contributed by atoms with Crippen LogP contribution in [0, 0.1) is 56.2 Å². The van der Waals surface area contributed by atoms with Crippen molar-refractivity contribution in [2.75, 3.05) is 20.1 Å².